The van der Waals surface area contributed by atoms with Crippen molar-refractivity contribution >= 4 is 22.4 Å². The summed E-state index contributed by atoms with van der Waals surface area (Å²) in [5, 5.41) is 14.9. The highest BCUT2D eigenvalue weighted by Gasteiger charge is 2.31. The molecule has 1 fully saturated rings. The van der Waals surface area contributed by atoms with Gasteiger partial charge in [0.15, 0.2) is 0 Å². The van der Waals surface area contributed by atoms with E-state index in [1.807, 2.05) is 59.5 Å². The highest BCUT2D eigenvalue weighted by molar-refractivity contribution is 6.08. The quantitative estimate of drug-likeness (QED) is 0.430. The Kier molecular flexibility index (Phi) is 6.38. The first-order valence-corrected chi connectivity index (χ1v) is 11.8. The molecule has 1 N–H and O–H groups in total. The molecule has 168 valence electrons. The molecule has 34 heavy (non-hydrogen) atoms. The van der Waals surface area contributed by atoms with Gasteiger partial charge < -0.3 is 10.2 Å². The third kappa shape index (κ3) is 4.71. The van der Waals surface area contributed by atoms with Gasteiger partial charge in [0.2, 0.25) is 0 Å². The third-order valence-corrected chi connectivity index (χ3v) is 6.79. The van der Waals surface area contributed by atoms with Crippen LogP contribution in [0.2, 0.25) is 0 Å². The van der Waals surface area contributed by atoms with E-state index in [0.717, 1.165) is 36.0 Å². The molecule has 0 bridgehead atoms. The molecule has 1 heterocycles. The Morgan fingerprint density at radius 2 is 1.56 bits per heavy atom. The maximum atomic E-state index is 13.8. The van der Waals surface area contributed by atoms with E-state index >= 15 is 0 Å². The van der Waals surface area contributed by atoms with E-state index in [1.54, 1.807) is 12.1 Å². The zero-order chi connectivity index (χ0) is 23.3. The van der Waals surface area contributed by atoms with Crippen molar-refractivity contribution in [3.05, 3.63) is 114 Å². The maximum absolute atomic E-state index is 13.8. The number of hydrogen-bond acceptors (Lipinski definition) is 3. The molecule has 4 nitrogen and oxygen atoms in total. The number of fused-ring (bicyclic) bond motifs is 1. The number of anilines is 1. The molecule has 0 aromatic heterocycles. The molecular formula is C30H27N3O. The molecule has 0 saturated carbocycles. The van der Waals surface area contributed by atoms with Gasteiger partial charge in [-0.15, -0.1) is 0 Å². The third-order valence-electron chi connectivity index (χ3n) is 6.79. The monoisotopic (exact) mass is 445 g/mol. The van der Waals surface area contributed by atoms with Crippen LogP contribution >= 0.6 is 0 Å². The first-order chi connectivity index (χ1) is 16.7. The average molecular weight is 446 g/mol. The highest BCUT2D eigenvalue weighted by atomic mass is 16.2. The van der Waals surface area contributed by atoms with Crippen LogP contribution < -0.4 is 10.2 Å². The standard InChI is InChI=1S/C30H27N3O/c31-18-23-10-14-29(15-11-23)33(30(34)26-13-12-24-8-4-5-9-25(24)17-26)21-28-20-32-19-27(28)16-22-6-2-1-3-7-22/h1-15,17,27-28,32H,16,19-21H2/t27-,28+/m0/s1. The molecule has 5 rings (SSSR count). The van der Waals surface area contributed by atoms with E-state index in [2.05, 4.69) is 41.7 Å². The number of rotatable bonds is 6. The van der Waals surface area contributed by atoms with Gasteiger partial charge in [-0.1, -0.05) is 60.7 Å². The lowest BCUT2D eigenvalue weighted by Crippen LogP contribution is -2.38. The Morgan fingerprint density at radius 3 is 2.32 bits per heavy atom. The summed E-state index contributed by atoms with van der Waals surface area (Å²) in [4.78, 5) is 15.7. The number of nitriles is 1. The SMILES string of the molecule is N#Cc1ccc(N(C[C@H]2CNC[C@@H]2Cc2ccccc2)C(=O)c2ccc3ccccc3c2)cc1. The van der Waals surface area contributed by atoms with Crippen LogP contribution in [-0.4, -0.2) is 25.5 Å². The van der Waals surface area contributed by atoms with Crippen LogP contribution in [0.25, 0.3) is 10.8 Å². The van der Waals surface area contributed by atoms with Gasteiger partial charge in [0.1, 0.15) is 0 Å². The van der Waals surface area contributed by atoms with Gasteiger partial charge in [0, 0.05) is 17.8 Å². The lowest BCUT2D eigenvalue weighted by Gasteiger charge is -2.29. The largest absolute Gasteiger partial charge is 0.316 e. The molecule has 0 unspecified atom stereocenters. The number of carbonyl (C=O) groups excluding carboxylic acids is 1. The number of nitrogens with one attached hydrogen (secondary N) is 1. The summed E-state index contributed by atoms with van der Waals surface area (Å²) in [6.45, 7) is 2.46. The van der Waals surface area contributed by atoms with Crippen molar-refractivity contribution in [2.75, 3.05) is 24.5 Å². The summed E-state index contributed by atoms with van der Waals surface area (Å²) < 4.78 is 0. The number of carbonyl (C=O) groups is 1. The van der Waals surface area contributed by atoms with E-state index in [4.69, 9.17) is 0 Å². The number of hydrogen-bond donors (Lipinski definition) is 1. The van der Waals surface area contributed by atoms with Crippen molar-refractivity contribution < 1.29 is 4.79 Å². The Labute approximate surface area is 200 Å². The smallest absolute Gasteiger partial charge is 0.258 e. The average Bonchev–Trinajstić information content (AvgIpc) is 3.33. The number of amides is 1. The van der Waals surface area contributed by atoms with Crippen LogP contribution in [0.3, 0.4) is 0 Å². The molecule has 1 aliphatic rings. The van der Waals surface area contributed by atoms with Gasteiger partial charge in [-0.05, 0) is 84.1 Å². The fourth-order valence-electron chi connectivity index (χ4n) is 4.89. The van der Waals surface area contributed by atoms with Crippen molar-refractivity contribution in [3.63, 3.8) is 0 Å². The Hall–Kier alpha value is -3.94. The fourth-order valence-corrected chi connectivity index (χ4v) is 4.89. The van der Waals surface area contributed by atoms with Gasteiger partial charge >= 0.3 is 0 Å². The molecule has 4 aromatic carbocycles. The molecular weight excluding hydrogens is 418 g/mol. The van der Waals surface area contributed by atoms with Crippen LogP contribution in [0.15, 0.2) is 97.1 Å². The van der Waals surface area contributed by atoms with Crippen LogP contribution in [-0.2, 0) is 6.42 Å². The molecule has 4 heteroatoms. The van der Waals surface area contributed by atoms with Crippen molar-refractivity contribution in [2.24, 2.45) is 11.8 Å². The van der Waals surface area contributed by atoms with Gasteiger partial charge in [-0.2, -0.15) is 5.26 Å². The minimum Gasteiger partial charge on any atom is -0.316 e. The van der Waals surface area contributed by atoms with Gasteiger partial charge in [0.25, 0.3) is 5.91 Å². The zero-order valence-corrected chi connectivity index (χ0v) is 19.0. The molecule has 2 atom stereocenters. The van der Waals surface area contributed by atoms with E-state index < -0.39 is 0 Å². The first-order valence-electron chi connectivity index (χ1n) is 11.8. The maximum Gasteiger partial charge on any atom is 0.258 e. The van der Waals surface area contributed by atoms with E-state index in [1.165, 1.54) is 5.56 Å². The van der Waals surface area contributed by atoms with Crippen LogP contribution in [0.1, 0.15) is 21.5 Å². The van der Waals surface area contributed by atoms with Crippen LogP contribution in [0.5, 0.6) is 0 Å². The van der Waals surface area contributed by atoms with Crippen molar-refractivity contribution in [1.29, 1.82) is 5.26 Å². The Bertz CT molecular complexity index is 1320. The summed E-state index contributed by atoms with van der Waals surface area (Å²) in [5.41, 5.74) is 3.41. The molecule has 0 radical (unpaired) electrons. The first kappa shape index (κ1) is 21.9. The summed E-state index contributed by atoms with van der Waals surface area (Å²) in [6.07, 6.45) is 0.990. The lowest BCUT2D eigenvalue weighted by atomic mass is 9.89. The number of benzene rings is 4. The molecule has 4 aromatic rings. The van der Waals surface area contributed by atoms with Crippen molar-refractivity contribution in [1.82, 2.24) is 5.32 Å². The van der Waals surface area contributed by atoms with Crippen LogP contribution in [0, 0.1) is 23.2 Å². The second-order valence-corrected chi connectivity index (χ2v) is 9.00. The summed E-state index contributed by atoms with van der Waals surface area (Å²) in [5.74, 6) is 0.772. The molecule has 1 amide bonds. The second kappa shape index (κ2) is 9.91. The predicted octanol–water partition coefficient (Wildman–Crippen LogP) is 5.44. The lowest BCUT2D eigenvalue weighted by molar-refractivity contribution is 0.0981. The van der Waals surface area contributed by atoms with E-state index in [0.29, 0.717) is 29.5 Å². The summed E-state index contributed by atoms with van der Waals surface area (Å²) in [7, 11) is 0. The Morgan fingerprint density at radius 1 is 0.853 bits per heavy atom. The molecule has 0 aliphatic carbocycles. The highest BCUT2D eigenvalue weighted by Crippen LogP contribution is 2.27. The van der Waals surface area contributed by atoms with Gasteiger partial charge in [-0.3, -0.25) is 4.79 Å². The second-order valence-electron chi connectivity index (χ2n) is 9.00. The van der Waals surface area contributed by atoms with Gasteiger partial charge in [-0.25, -0.2) is 0 Å². The van der Waals surface area contributed by atoms with E-state index in [-0.39, 0.29) is 5.91 Å². The number of nitrogens with zero attached hydrogens (tertiary/aromatic N) is 2. The minimum absolute atomic E-state index is 0.0131. The Balaban J connectivity index is 1.45. The summed E-state index contributed by atoms with van der Waals surface area (Å²) in [6, 6.07) is 34.0. The molecule has 1 aliphatic heterocycles. The van der Waals surface area contributed by atoms with Crippen molar-refractivity contribution in [2.45, 2.75) is 6.42 Å². The molecule has 1 saturated heterocycles. The fraction of sp³-hybridized carbons (Fsp3) is 0.200. The predicted molar refractivity (Wildman–Crippen MR) is 137 cm³/mol. The molecule has 0 spiro atoms. The normalized spacial score (nSPS) is 17.4. The zero-order valence-electron chi connectivity index (χ0n) is 19.0. The summed E-state index contributed by atoms with van der Waals surface area (Å²) >= 11 is 0. The van der Waals surface area contributed by atoms with Crippen molar-refractivity contribution in [3.8, 4) is 6.07 Å². The topological polar surface area (TPSA) is 56.1 Å². The minimum atomic E-state index is -0.0131. The van der Waals surface area contributed by atoms with Crippen LogP contribution in [0.4, 0.5) is 5.69 Å². The van der Waals surface area contributed by atoms with E-state index in [9.17, 15) is 10.1 Å². The van der Waals surface area contributed by atoms with Gasteiger partial charge in [0.05, 0.1) is 11.6 Å².